The molecule has 1 aromatic heterocycles. The van der Waals surface area contributed by atoms with Gasteiger partial charge in [-0.15, -0.1) is 34.2 Å². The summed E-state index contributed by atoms with van der Waals surface area (Å²) in [7, 11) is 0. The lowest BCUT2D eigenvalue weighted by Gasteiger charge is -2.36. The Kier molecular flexibility index (Phi) is 8.58. The molecule has 7 nitrogen and oxygen atoms in total. The largest absolute Gasteiger partial charge is 0.357 e. The zero-order valence-corrected chi connectivity index (χ0v) is 20.4. The summed E-state index contributed by atoms with van der Waals surface area (Å²) in [5.41, 5.74) is 0. The van der Waals surface area contributed by atoms with Gasteiger partial charge in [-0.3, -0.25) is 4.99 Å². The third-order valence-electron chi connectivity index (χ3n) is 6.79. The van der Waals surface area contributed by atoms with Gasteiger partial charge >= 0.3 is 0 Å². The number of guanidine groups is 1. The van der Waals surface area contributed by atoms with E-state index in [1.807, 2.05) is 6.92 Å². The summed E-state index contributed by atoms with van der Waals surface area (Å²) in [6, 6.07) is 1.41. The van der Waals surface area contributed by atoms with Gasteiger partial charge in [-0.25, -0.2) is 0 Å². The van der Waals surface area contributed by atoms with Gasteiger partial charge in [0.1, 0.15) is 11.6 Å². The molecule has 3 heterocycles. The van der Waals surface area contributed by atoms with Gasteiger partial charge in [-0.1, -0.05) is 12.8 Å². The molecule has 2 aliphatic heterocycles. The molecular formula is C21H38IN7. The van der Waals surface area contributed by atoms with Gasteiger partial charge in [-0.05, 0) is 51.9 Å². The molecule has 3 aliphatic rings. The van der Waals surface area contributed by atoms with E-state index in [0.29, 0.717) is 12.0 Å². The minimum absolute atomic E-state index is 0. The number of hydrogen-bond acceptors (Lipinski definition) is 4. The maximum atomic E-state index is 4.94. The molecule has 164 valence electrons. The number of nitrogens with zero attached hydrogens (tertiary/aromatic N) is 5. The number of halogens is 1. The van der Waals surface area contributed by atoms with Crippen molar-refractivity contribution >= 4 is 29.9 Å². The molecule has 1 unspecified atom stereocenters. The van der Waals surface area contributed by atoms with Crippen LogP contribution in [0.5, 0.6) is 0 Å². The smallest absolute Gasteiger partial charge is 0.191 e. The van der Waals surface area contributed by atoms with Crippen molar-refractivity contribution in [2.45, 2.75) is 83.8 Å². The Bertz CT molecular complexity index is 660. The fourth-order valence-corrected chi connectivity index (χ4v) is 5.09. The zero-order chi connectivity index (χ0) is 19.3. The number of aryl methyl sites for hydroxylation is 2. The first-order valence-corrected chi connectivity index (χ1v) is 11.4. The van der Waals surface area contributed by atoms with Crippen LogP contribution in [0.3, 0.4) is 0 Å². The Hall–Kier alpha value is -0.900. The van der Waals surface area contributed by atoms with E-state index < -0.39 is 0 Å². The molecule has 0 radical (unpaired) electrons. The molecule has 0 bridgehead atoms. The van der Waals surface area contributed by atoms with Crippen molar-refractivity contribution in [2.75, 3.05) is 26.2 Å². The van der Waals surface area contributed by atoms with E-state index in [1.54, 1.807) is 0 Å². The van der Waals surface area contributed by atoms with E-state index in [2.05, 4.69) is 37.2 Å². The first kappa shape index (κ1) is 22.8. The molecule has 2 fully saturated rings. The number of aromatic nitrogens is 3. The van der Waals surface area contributed by atoms with Crippen LogP contribution in [0.15, 0.2) is 4.99 Å². The highest BCUT2D eigenvalue weighted by Crippen LogP contribution is 2.26. The fraction of sp³-hybridized carbons (Fsp3) is 0.857. The summed E-state index contributed by atoms with van der Waals surface area (Å²) in [6.45, 7) is 9.44. The fourth-order valence-electron chi connectivity index (χ4n) is 5.09. The average Bonchev–Trinajstić information content (AvgIpc) is 3.37. The lowest BCUT2D eigenvalue weighted by atomic mass is 9.99. The standard InChI is InChI=1S/C21H37N7.HI/c1-3-22-21(23-14-17-8-9-20-26-25-16(2)28(20)15-17)24-18-10-12-27(13-11-18)19-6-4-5-7-19;/h17-19H,3-15H2,1-2H3,(H2,22,23,24);1H. The molecule has 1 aromatic rings. The summed E-state index contributed by atoms with van der Waals surface area (Å²) in [5.74, 6) is 3.73. The molecule has 0 amide bonds. The summed E-state index contributed by atoms with van der Waals surface area (Å²) >= 11 is 0. The van der Waals surface area contributed by atoms with Crippen LogP contribution in [-0.2, 0) is 13.0 Å². The van der Waals surface area contributed by atoms with E-state index in [4.69, 9.17) is 4.99 Å². The van der Waals surface area contributed by atoms with Crippen molar-refractivity contribution in [1.29, 1.82) is 0 Å². The van der Waals surface area contributed by atoms with Gasteiger partial charge in [0.15, 0.2) is 5.96 Å². The second-order valence-electron chi connectivity index (χ2n) is 8.79. The number of nitrogens with one attached hydrogen (secondary N) is 2. The second-order valence-corrected chi connectivity index (χ2v) is 8.79. The Morgan fingerprint density at radius 1 is 1.10 bits per heavy atom. The molecule has 0 spiro atoms. The summed E-state index contributed by atoms with van der Waals surface area (Å²) in [4.78, 5) is 7.67. The van der Waals surface area contributed by atoms with Crippen molar-refractivity contribution in [3.05, 3.63) is 11.6 Å². The van der Waals surface area contributed by atoms with Crippen LogP contribution in [0.1, 0.15) is 63.5 Å². The first-order chi connectivity index (χ1) is 13.7. The van der Waals surface area contributed by atoms with Crippen LogP contribution in [0.25, 0.3) is 0 Å². The Balaban J connectivity index is 0.00000240. The van der Waals surface area contributed by atoms with Crippen LogP contribution in [-0.4, -0.2) is 63.9 Å². The molecule has 1 aliphatic carbocycles. The highest BCUT2D eigenvalue weighted by Gasteiger charge is 2.27. The predicted octanol–water partition coefficient (Wildman–Crippen LogP) is 2.73. The Labute approximate surface area is 192 Å². The highest BCUT2D eigenvalue weighted by molar-refractivity contribution is 14.0. The zero-order valence-electron chi connectivity index (χ0n) is 18.1. The number of hydrogen-bond donors (Lipinski definition) is 2. The third-order valence-corrected chi connectivity index (χ3v) is 6.79. The van der Waals surface area contributed by atoms with Gasteiger partial charge < -0.3 is 20.1 Å². The maximum absolute atomic E-state index is 4.94. The SMILES string of the molecule is CCNC(=NCC1CCc2nnc(C)n2C1)NC1CCN(C2CCCC2)CC1.I. The van der Waals surface area contributed by atoms with Crippen molar-refractivity contribution in [1.82, 2.24) is 30.3 Å². The van der Waals surface area contributed by atoms with Gasteiger partial charge in [-0.2, -0.15) is 0 Å². The Morgan fingerprint density at radius 2 is 1.86 bits per heavy atom. The number of aliphatic imine (C=N–C) groups is 1. The molecule has 4 rings (SSSR count). The molecule has 1 atom stereocenters. The topological polar surface area (TPSA) is 70.4 Å². The van der Waals surface area contributed by atoms with E-state index in [0.717, 1.165) is 56.1 Å². The van der Waals surface area contributed by atoms with Gasteiger partial charge in [0, 0.05) is 51.2 Å². The molecule has 2 N–H and O–H groups in total. The number of rotatable bonds is 5. The summed E-state index contributed by atoms with van der Waals surface area (Å²) < 4.78 is 2.27. The average molecular weight is 515 g/mol. The van der Waals surface area contributed by atoms with E-state index in [-0.39, 0.29) is 24.0 Å². The minimum atomic E-state index is 0. The highest BCUT2D eigenvalue weighted by atomic mass is 127. The van der Waals surface area contributed by atoms with Crippen LogP contribution in [0.2, 0.25) is 0 Å². The van der Waals surface area contributed by atoms with Crippen LogP contribution < -0.4 is 10.6 Å². The van der Waals surface area contributed by atoms with Gasteiger partial charge in [0.25, 0.3) is 0 Å². The van der Waals surface area contributed by atoms with Crippen molar-refractivity contribution < 1.29 is 0 Å². The van der Waals surface area contributed by atoms with Crippen molar-refractivity contribution in [3.8, 4) is 0 Å². The lowest BCUT2D eigenvalue weighted by Crippen LogP contribution is -2.50. The molecule has 1 saturated carbocycles. The third kappa shape index (κ3) is 5.83. The van der Waals surface area contributed by atoms with Gasteiger partial charge in [0.05, 0.1) is 0 Å². The molecular weight excluding hydrogens is 477 g/mol. The minimum Gasteiger partial charge on any atom is -0.357 e. The van der Waals surface area contributed by atoms with Crippen LogP contribution >= 0.6 is 24.0 Å². The summed E-state index contributed by atoms with van der Waals surface area (Å²) in [6.07, 6.45) is 10.3. The normalized spacial score (nSPS) is 24.2. The maximum Gasteiger partial charge on any atom is 0.191 e. The van der Waals surface area contributed by atoms with Crippen molar-refractivity contribution in [2.24, 2.45) is 10.9 Å². The van der Waals surface area contributed by atoms with E-state index in [9.17, 15) is 0 Å². The molecule has 1 saturated heterocycles. The Morgan fingerprint density at radius 3 is 2.59 bits per heavy atom. The predicted molar refractivity (Wildman–Crippen MR) is 128 cm³/mol. The van der Waals surface area contributed by atoms with Crippen LogP contribution in [0.4, 0.5) is 0 Å². The molecule has 0 aromatic carbocycles. The quantitative estimate of drug-likeness (QED) is 0.359. The lowest BCUT2D eigenvalue weighted by molar-refractivity contribution is 0.150. The number of likely N-dealkylation sites (tertiary alicyclic amines) is 1. The second kappa shape index (κ2) is 10.9. The molecule has 8 heteroatoms. The first-order valence-electron chi connectivity index (χ1n) is 11.4. The monoisotopic (exact) mass is 515 g/mol. The van der Waals surface area contributed by atoms with E-state index >= 15 is 0 Å². The van der Waals surface area contributed by atoms with E-state index in [1.165, 1.54) is 51.6 Å². The number of fused-ring (bicyclic) bond motifs is 1. The summed E-state index contributed by atoms with van der Waals surface area (Å²) in [5, 5.41) is 15.7. The molecule has 29 heavy (non-hydrogen) atoms. The van der Waals surface area contributed by atoms with Gasteiger partial charge in [0.2, 0.25) is 0 Å². The van der Waals surface area contributed by atoms with Crippen molar-refractivity contribution in [3.63, 3.8) is 0 Å². The van der Waals surface area contributed by atoms with Crippen LogP contribution in [0, 0.1) is 12.8 Å². The number of piperidine rings is 1.